The molecule has 0 atom stereocenters. The lowest BCUT2D eigenvalue weighted by Crippen LogP contribution is -2.34. The van der Waals surface area contributed by atoms with Crippen molar-refractivity contribution in [3.63, 3.8) is 0 Å². The third kappa shape index (κ3) is 7.71. The van der Waals surface area contributed by atoms with E-state index < -0.39 is 0 Å². The van der Waals surface area contributed by atoms with Gasteiger partial charge in [0, 0.05) is 16.9 Å². The van der Waals surface area contributed by atoms with Crippen LogP contribution in [0.25, 0.3) is 0 Å². The maximum Gasteiger partial charge on any atom is 0.261 e. The van der Waals surface area contributed by atoms with Crippen LogP contribution in [0.4, 0.5) is 11.4 Å². The molecule has 0 unspecified atom stereocenters. The molecular weight excluding hydrogens is 446 g/mol. The summed E-state index contributed by atoms with van der Waals surface area (Å²) in [5.41, 5.74) is 2.35. The van der Waals surface area contributed by atoms with Crippen molar-refractivity contribution in [1.29, 1.82) is 0 Å². The van der Waals surface area contributed by atoms with Crippen LogP contribution >= 0.6 is 12.2 Å². The van der Waals surface area contributed by atoms with Gasteiger partial charge in [0.15, 0.2) is 5.11 Å². The van der Waals surface area contributed by atoms with E-state index in [1.807, 2.05) is 24.3 Å². The average molecular weight is 476 g/mol. The Morgan fingerprint density at radius 1 is 0.765 bits per heavy atom. The summed E-state index contributed by atoms with van der Waals surface area (Å²) in [6.45, 7) is 2.73. The number of nitrogens with one attached hydrogen (secondary N) is 3. The highest BCUT2D eigenvalue weighted by atomic mass is 32.1. The van der Waals surface area contributed by atoms with Gasteiger partial charge in [0.05, 0.1) is 12.2 Å². The molecule has 34 heavy (non-hydrogen) atoms. The Hall–Kier alpha value is -3.71. The maximum atomic E-state index is 12.7. The number of thiocarbonyl (C=S) groups is 1. The van der Waals surface area contributed by atoms with Crippen molar-refractivity contribution < 1.29 is 14.3 Å². The second kappa shape index (κ2) is 13.1. The van der Waals surface area contributed by atoms with Crippen molar-refractivity contribution in [1.82, 2.24) is 5.32 Å². The normalized spacial score (nSPS) is 10.3. The van der Waals surface area contributed by atoms with Crippen LogP contribution < -0.4 is 20.7 Å². The van der Waals surface area contributed by atoms with Crippen molar-refractivity contribution in [3.8, 4) is 5.75 Å². The third-order valence-corrected chi connectivity index (χ3v) is 5.25. The zero-order valence-corrected chi connectivity index (χ0v) is 20.0. The highest BCUT2D eigenvalue weighted by Crippen LogP contribution is 2.19. The summed E-state index contributed by atoms with van der Waals surface area (Å²) in [7, 11) is 0. The van der Waals surface area contributed by atoms with Crippen LogP contribution in [0.1, 0.15) is 53.3 Å². The number of ether oxygens (including phenoxy) is 1. The van der Waals surface area contributed by atoms with E-state index in [0.717, 1.165) is 19.3 Å². The first-order valence-electron chi connectivity index (χ1n) is 11.4. The summed E-state index contributed by atoms with van der Waals surface area (Å²) in [5, 5.41) is 8.70. The van der Waals surface area contributed by atoms with Crippen LogP contribution in [0.5, 0.6) is 5.75 Å². The van der Waals surface area contributed by atoms with Crippen LogP contribution in [0.2, 0.25) is 0 Å². The first-order valence-corrected chi connectivity index (χ1v) is 11.8. The second-order valence-electron chi connectivity index (χ2n) is 7.71. The Kier molecular flexibility index (Phi) is 9.61. The molecule has 0 saturated heterocycles. The molecule has 3 aromatic carbocycles. The number of anilines is 2. The number of amides is 2. The molecule has 3 aromatic rings. The number of carbonyl (C=O) groups is 2. The van der Waals surface area contributed by atoms with Gasteiger partial charge >= 0.3 is 0 Å². The van der Waals surface area contributed by atoms with E-state index in [4.69, 9.17) is 17.0 Å². The summed E-state index contributed by atoms with van der Waals surface area (Å²) < 4.78 is 5.82. The van der Waals surface area contributed by atoms with Gasteiger partial charge in [-0.2, -0.15) is 0 Å². The Morgan fingerprint density at radius 3 is 2.12 bits per heavy atom. The van der Waals surface area contributed by atoms with E-state index in [-0.39, 0.29) is 16.9 Å². The molecule has 0 fully saturated rings. The van der Waals surface area contributed by atoms with Crippen molar-refractivity contribution >= 4 is 40.5 Å². The Balaban J connectivity index is 1.51. The summed E-state index contributed by atoms with van der Waals surface area (Å²) in [5.74, 6) is 0.0153. The minimum atomic E-state index is -0.339. The standard InChI is InChI=1S/C27H29N3O3S/c1-2-3-4-10-19-33-24-14-9-8-13-23(24)26(32)30-27(34)29-22-17-15-21(16-18-22)28-25(31)20-11-6-5-7-12-20/h5-9,11-18H,2-4,10,19H2,1H3,(H,28,31)(H2,29,30,32,34). The molecule has 0 aliphatic heterocycles. The quantitative estimate of drug-likeness (QED) is 0.247. The van der Waals surface area contributed by atoms with Gasteiger partial charge in [0.2, 0.25) is 0 Å². The predicted octanol–water partition coefficient (Wildman–Crippen LogP) is 6.02. The van der Waals surface area contributed by atoms with Gasteiger partial charge in [-0.05, 0) is 67.2 Å². The van der Waals surface area contributed by atoms with Crippen LogP contribution in [-0.4, -0.2) is 23.5 Å². The number of unbranched alkanes of at least 4 members (excludes halogenated alkanes) is 3. The van der Waals surface area contributed by atoms with Crippen molar-refractivity contribution in [3.05, 3.63) is 90.0 Å². The van der Waals surface area contributed by atoms with E-state index >= 15 is 0 Å². The third-order valence-electron chi connectivity index (χ3n) is 5.05. The zero-order chi connectivity index (χ0) is 24.2. The molecule has 0 aliphatic rings. The SMILES string of the molecule is CCCCCCOc1ccccc1C(=O)NC(=S)Nc1ccc(NC(=O)c2ccccc2)cc1. The average Bonchev–Trinajstić information content (AvgIpc) is 2.86. The molecule has 7 heteroatoms. The number of carbonyl (C=O) groups excluding carboxylic acids is 2. The largest absolute Gasteiger partial charge is 0.493 e. The lowest BCUT2D eigenvalue weighted by Gasteiger charge is -2.13. The number of rotatable bonds is 10. The lowest BCUT2D eigenvalue weighted by atomic mass is 10.2. The van der Waals surface area contributed by atoms with Crippen LogP contribution in [0.15, 0.2) is 78.9 Å². The van der Waals surface area contributed by atoms with E-state index in [1.165, 1.54) is 6.42 Å². The molecule has 2 amide bonds. The summed E-state index contributed by atoms with van der Waals surface area (Å²) >= 11 is 5.30. The molecule has 0 aromatic heterocycles. The first kappa shape index (κ1) is 24.9. The van der Waals surface area contributed by atoms with E-state index in [1.54, 1.807) is 54.6 Å². The van der Waals surface area contributed by atoms with E-state index in [9.17, 15) is 9.59 Å². The van der Waals surface area contributed by atoms with Crippen molar-refractivity contribution in [2.45, 2.75) is 32.6 Å². The molecule has 0 saturated carbocycles. The van der Waals surface area contributed by atoms with Gasteiger partial charge in [-0.15, -0.1) is 0 Å². The van der Waals surface area contributed by atoms with Crippen LogP contribution in [0, 0.1) is 0 Å². The number of hydrogen-bond acceptors (Lipinski definition) is 4. The predicted molar refractivity (Wildman–Crippen MR) is 141 cm³/mol. The molecule has 0 aliphatic carbocycles. The summed E-state index contributed by atoms with van der Waals surface area (Å²) in [4.78, 5) is 25.0. The molecule has 0 radical (unpaired) electrons. The van der Waals surface area contributed by atoms with Gasteiger partial charge in [0.25, 0.3) is 11.8 Å². The minimum absolute atomic E-state index is 0.170. The first-order chi connectivity index (χ1) is 16.6. The van der Waals surface area contributed by atoms with Crippen LogP contribution in [-0.2, 0) is 0 Å². The molecule has 0 bridgehead atoms. The zero-order valence-electron chi connectivity index (χ0n) is 19.2. The number of hydrogen-bond donors (Lipinski definition) is 3. The number of para-hydroxylation sites is 1. The Labute approximate surface area is 205 Å². The molecule has 6 nitrogen and oxygen atoms in total. The Morgan fingerprint density at radius 2 is 1.41 bits per heavy atom. The van der Waals surface area contributed by atoms with Crippen molar-refractivity contribution in [2.75, 3.05) is 17.2 Å². The summed E-state index contributed by atoms with van der Waals surface area (Å²) in [6, 6.07) is 23.2. The second-order valence-corrected chi connectivity index (χ2v) is 8.12. The fourth-order valence-electron chi connectivity index (χ4n) is 3.25. The smallest absolute Gasteiger partial charge is 0.261 e. The van der Waals surface area contributed by atoms with E-state index in [2.05, 4.69) is 22.9 Å². The van der Waals surface area contributed by atoms with Gasteiger partial charge in [-0.25, -0.2) is 0 Å². The highest BCUT2D eigenvalue weighted by Gasteiger charge is 2.14. The van der Waals surface area contributed by atoms with Crippen molar-refractivity contribution in [2.24, 2.45) is 0 Å². The molecule has 0 spiro atoms. The molecule has 0 heterocycles. The van der Waals surface area contributed by atoms with Gasteiger partial charge in [0.1, 0.15) is 5.75 Å². The highest BCUT2D eigenvalue weighted by molar-refractivity contribution is 7.80. The summed E-state index contributed by atoms with van der Waals surface area (Å²) in [6.07, 6.45) is 4.39. The lowest BCUT2D eigenvalue weighted by molar-refractivity contribution is 0.0972. The molecule has 3 rings (SSSR count). The van der Waals surface area contributed by atoms with Gasteiger partial charge < -0.3 is 15.4 Å². The van der Waals surface area contributed by atoms with Gasteiger partial charge in [-0.1, -0.05) is 56.5 Å². The molecular formula is C27H29N3O3S. The monoisotopic (exact) mass is 475 g/mol. The minimum Gasteiger partial charge on any atom is -0.493 e. The molecule has 176 valence electrons. The topological polar surface area (TPSA) is 79.5 Å². The fraction of sp³-hybridized carbons (Fsp3) is 0.222. The number of benzene rings is 3. The maximum absolute atomic E-state index is 12.7. The Bertz CT molecular complexity index is 1100. The van der Waals surface area contributed by atoms with E-state index in [0.29, 0.717) is 34.9 Å². The fourth-order valence-corrected chi connectivity index (χ4v) is 3.46. The van der Waals surface area contributed by atoms with Crippen LogP contribution in [0.3, 0.4) is 0 Å². The van der Waals surface area contributed by atoms with Gasteiger partial charge in [-0.3, -0.25) is 14.9 Å². The molecule has 3 N–H and O–H groups in total.